The Balaban J connectivity index is 2.13. The highest BCUT2D eigenvalue weighted by Crippen LogP contribution is 2.22. The molecule has 0 saturated carbocycles. The van der Waals surface area contributed by atoms with Gasteiger partial charge in [0.05, 0.1) is 6.04 Å². The first kappa shape index (κ1) is 13.7. The van der Waals surface area contributed by atoms with E-state index in [4.69, 9.17) is 14.9 Å². The van der Waals surface area contributed by atoms with E-state index in [2.05, 4.69) is 0 Å². The molecule has 19 heavy (non-hydrogen) atoms. The molecule has 0 aliphatic carbocycles. The number of benzene rings is 1. The number of furan rings is 1. The van der Waals surface area contributed by atoms with Gasteiger partial charge in [-0.15, -0.1) is 0 Å². The van der Waals surface area contributed by atoms with Crippen molar-refractivity contribution in [2.75, 3.05) is 7.11 Å². The van der Waals surface area contributed by atoms with E-state index in [0.717, 1.165) is 0 Å². The van der Waals surface area contributed by atoms with Crippen LogP contribution >= 0.6 is 0 Å². The van der Waals surface area contributed by atoms with Crippen LogP contribution in [0.1, 0.15) is 23.1 Å². The first-order chi connectivity index (χ1) is 9.11. The molecule has 0 aliphatic rings. The van der Waals surface area contributed by atoms with E-state index in [0.29, 0.717) is 18.1 Å². The summed E-state index contributed by atoms with van der Waals surface area (Å²) in [5.41, 5.74) is 5.88. The molecule has 0 spiro atoms. The molecule has 0 amide bonds. The predicted molar refractivity (Wildman–Crippen MR) is 66.4 cm³/mol. The first-order valence-electron chi connectivity index (χ1n) is 5.88. The SMILES string of the molecule is COCc1ccc(C(N)Cc2c(F)cccc2F)o1. The lowest BCUT2D eigenvalue weighted by atomic mass is 10.0. The summed E-state index contributed by atoms with van der Waals surface area (Å²) in [6, 6.07) is 6.57. The fourth-order valence-electron chi connectivity index (χ4n) is 1.86. The number of nitrogens with two attached hydrogens (primary N) is 1. The van der Waals surface area contributed by atoms with E-state index < -0.39 is 17.7 Å². The molecular formula is C14H15F2NO2. The maximum Gasteiger partial charge on any atom is 0.129 e. The smallest absolute Gasteiger partial charge is 0.129 e. The summed E-state index contributed by atoms with van der Waals surface area (Å²) in [7, 11) is 1.55. The van der Waals surface area contributed by atoms with Crippen molar-refractivity contribution in [1.29, 1.82) is 0 Å². The molecule has 0 radical (unpaired) electrons. The van der Waals surface area contributed by atoms with Crippen LogP contribution in [-0.4, -0.2) is 7.11 Å². The van der Waals surface area contributed by atoms with Gasteiger partial charge >= 0.3 is 0 Å². The second-order valence-electron chi connectivity index (χ2n) is 4.25. The van der Waals surface area contributed by atoms with Crippen LogP contribution in [0.25, 0.3) is 0 Å². The van der Waals surface area contributed by atoms with Crippen LogP contribution in [0, 0.1) is 11.6 Å². The minimum Gasteiger partial charge on any atom is -0.462 e. The Hall–Kier alpha value is -1.72. The number of halogens is 2. The minimum absolute atomic E-state index is 0.0281. The molecule has 1 aromatic heterocycles. The van der Waals surface area contributed by atoms with E-state index >= 15 is 0 Å². The van der Waals surface area contributed by atoms with Gasteiger partial charge in [-0.05, 0) is 24.3 Å². The number of methoxy groups -OCH3 is 1. The normalized spacial score (nSPS) is 12.6. The minimum atomic E-state index is -0.600. The Kier molecular flexibility index (Phi) is 4.29. The second-order valence-corrected chi connectivity index (χ2v) is 4.25. The van der Waals surface area contributed by atoms with Crippen molar-refractivity contribution in [1.82, 2.24) is 0 Å². The summed E-state index contributed by atoms with van der Waals surface area (Å²) >= 11 is 0. The van der Waals surface area contributed by atoms with Crippen molar-refractivity contribution in [2.24, 2.45) is 5.73 Å². The van der Waals surface area contributed by atoms with Gasteiger partial charge in [0.15, 0.2) is 0 Å². The Bertz CT molecular complexity index is 534. The zero-order chi connectivity index (χ0) is 13.8. The molecule has 1 atom stereocenters. The monoisotopic (exact) mass is 267 g/mol. The third kappa shape index (κ3) is 3.19. The molecule has 2 rings (SSSR count). The zero-order valence-corrected chi connectivity index (χ0v) is 10.5. The number of rotatable bonds is 5. The van der Waals surface area contributed by atoms with Crippen LogP contribution in [0.15, 0.2) is 34.7 Å². The Morgan fingerprint density at radius 3 is 2.53 bits per heavy atom. The molecule has 0 fully saturated rings. The summed E-state index contributed by atoms with van der Waals surface area (Å²) < 4.78 is 37.4. The van der Waals surface area contributed by atoms with Gasteiger partial charge in [0.1, 0.15) is 29.8 Å². The van der Waals surface area contributed by atoms with E-state index in [9.17, 15) is 8.78 Å². The van der Waals surface area contributed by atoms with Crippen LogP contribution in [0.4, 0.5) is 8.78 Å². The standard InChI is InChI=1S/C14H15F2NO2/c1-18-8-9-5-6-14(19-9)13(17)7-10-11(15)3-2-4-12(10)16/h2-6,13H,7-8,17H2,1H3. The lowest BCUT2D eigenvalue weighted by molar-refractivity contribution is 0.162. The first-order valence-corrected chi connectivity index (χ1v) is 5.88. The van der Waals surface area contributed by atoms with Crippen molar-refractivity contribution in [3.05, 3.63) is 59.1 Å². The third-order valence-electron chi connectivity index (χ3n) is 2.82. The molecule has 3 nitrogen and oxygen atoms in total. The maximum atomic E-state index is 13.5. The predicted octanol–water partition coefficient (Wildman–Crippen LogP) is 2.95. The van der Waals surface area contributed by atoms with E-state index in [1.54, 1.807) is 19.2 Å². The van der Waals surface area contributed by atoms with Gasteiger partial charge in [-0.1, -0.05) is 6.07 Å². The van der Waals surface area contributed by atoms with Crippen molar-refractivity contribution in [2.45, 2.75) is 19.1 Å². The zero-order valence-electron chi connectivity index (χ0n) is 10.5. The van der Waals surface area contributed by atoms with Gasteiger partial charge in [-0.25, -0.2) is 8.78 Å². The molecule has 0 bridgehead atoms. The summed E-state index contributed by atoms with van der Waals surface area (Å²) in [5.74, 6) is -0.0881. The molecule has 1 aromatic carbocycles. The topological polar surface area (TPSA) is 48.4 Å². The second kappa shape index (κ2) is 5.95. The van der Waals surface area contributed by atoms with Gasteiger partial charge in [-0.3, -0.25) is 0 Å². The average molecular weight is 267 g/mol. The Labute approximate surface area is 110 Å². The molecule has 5 heteroatoms. The van der Waals surface area contributed by atoms with Crippen LogP contribution in [0.3, 0.4) is 0 Å². The van der Waals surface area contributed by atoms with Gasteiger partial charge in [0, 0.05) is 19.1 Å². The number of ether oxygens (including phenoxy) is 1. The van der Waals surface area contributed by atoms with Crippen LogP contribution in [0.5, 0.6) is 0 Å². The fourth-order valence-corrected chi connectivity index (χ4v) is 1.86. The van der Waals surface area contributed by atoms with Gasteiger partial charge in [0.25, 0.3) is 0 Å². The van der Waals surface area contributed by atoms with E-state index in [1.807, 2.05) is 0 Å². The molecule has 1 heterocycles. The molecule has 102 valence electrons. The maximum absolute atomic E-state index is 13.5. The van der Waals surface area contributed by atoms with Gasteiger partial charge in [-0.2, -0.15) is 0 Å². The Morgan fingerprint density at radius 1 is 1.21 bits per heavy atom. The fraction of sp³-hybridized carbons (Fsp3) is 0.286. The highest BCUT2D eigenvalue weighted by atomic mass is 19.1. The van der Waals surface area contributed by atoms with Crippen LogP contribution < -0.4 is 5.73 Å². The van der Waals surface area contributed by atoms with Crippen molar-refractivity contribution in [3.63, 3.8) is 0 Å². The van der Waals surface area contributed by atoms with Gasteiger partial charge in [0.2, 0.25) is 0 Å². The molecule has 2 N–H and O–H groups in total. The highest BCUT2D eigenvalue weighted by molar-refractivity contribution is 5.22. The molecule has 0 saturated heterocycles. The van der Waals surface area contributed by atoms with Crippen LogP contribution in [0.2, 0.25) is 0 Å². The summed E-state index contributed by atoms with van der Waals surface area (Å²) in [6.45, 7) is 0.334. The molecular weight excluding hydrogens is 252 g/mol. The van der Waals surface area contributed by atoms with Crippen LogP contribution in [-0.2, 0) is 17.8 Å². The van der Waals surface area contributed by atoms with Crippen molar-refractivity contribution in [3.8, 4) is 0 Å². The lowest BCUT2D eigenvalue weighted by Crippen LogP contribution is -2.14. The summed E-state index contributed by atoms with van der Waals surface area (Å²) in [4.78, 5) is 0. The summed E-state index contributed by atoms with van der Waals surface area (Å²) in [6.07, 6.45) is 0.0401. The molecule has 2 aromatic rings. The average Bonchev–Trinajstić information content (AvgIpc) is 2.83. The molecule has 0 aliphatic heterocycles. The lowest BCUT2D eigenvalue weighted by Gasteiger charge is -2.10. The third-order valence-corrected chi connectivity index (χ3v) is 2.82. The number of hydrogen-bond donors (Lipinski definition) is 1. The Morgan fingerprint density at radius 2 is 1.89 bits per heavy atom. The summed E-state index contributed by atoms with van der Waals surface area (Å²) in [5, 5.41) is 0. The van der Waals surface area contributed by atoms with Crippen molar-refractivity contribution < 1.29 is 17.9 Å². The van der Waals surface area contributed by atoms with Crippen molar-refractivity contribution >= 4 is 0 Å². The quantitative estimate of drug-likeness (QED) is 0.906. The van der Waals surface area contributed by atoms with E-state index in [1.165, 1.54) is 18.2 Å². The largest absolute Gasteiger partial charge is 0.462 e. The van der Waals surface area contributed by atoms with Gasteiger partial charge < -0.3 is 14.9 Å². The number of hydrogen-bond acceptors (Lipinski definition) is 3. The molecule has 1 unspecified atom stereocenters. The van der Waals surface area contributed by atoms with E-state index in [-0.39, 0.29) is 12.0 Å². The highest BCUT2D eigenvalue weighted by Gasteiger charge is 2.17.